The molecule has 0 aliphatic carbocycles. The van der Waals surface area contributed by atoms with E-state index in [0.29, 0.717) is 12.4 Å². The van der Waals surface area contributed by atoms with Gasteiger partial charge in [-0.2, -0.15) is 10.1 Å². The van der Waals surface area contributed by atoms with Gasteiger partial charge in [-0.3, -0.25) is 10.5 Å². The van der Waals surface area contributed by atoms with Crippen LogP contribution in [0.25, 0.3) is 0 Å². The van der Waals surface area contributed by atoms with Gasteiger partial charge in [-0.1, -0.05) is 18.2 Å². The highest BCUT2D eigenvalue weighted by molar-refractivity contribution is 8.93. The van der Waals surface area contributed by atoms with E-state index in [0.717, 1.165) is 11.1 Å². The van der Waals surface area contributed by atoms with Crippen LogP contribution in [0.2, 0.25) is 0 Å². The number of amides is 1. The molecular formula is C10H13BrN3O+. The van der Waals surface area contributed by atoms with Crippen LogP contribution in [0.4, 0.5) is 0 Å². The van der Waals surface area contributed by atoms with Crippen molar-refractivity contribution < 1.29 is 9.48 Å². The van der Waals surface area contributed by atoms with Gasteiger partial charge in [-0.15, -0.1) is 17.0 Å². The molecule has 0 atom stereocenters. The van der Waals surface area contributed by atoms with Gasteiger partial charge >= 0.3 is 0 Å². The fraction of sp³-hybridized carbons (Fsp3) is 0.200. The highest BCUT2D eigenvalue weighted by Crippen LogP contribution is 2.14. The van der Waals surface area contributed by atoms with Crippen LogP contribution in [-0.4, -0.2) is 16.4 Å². The van der Waals surface area contributed by atoms with Crippen LogP contribution >= 0.6 is 17.0 Å². The highest BCUT2D eigenvalue weighted by Gasteiger charge is 2.24. The first-order valence-electron chi connectivity index (χ1n) is 4.44. The van der Waals surface area contributed by atoms with Crippen LogP contribution in [0.15, 0.2) is 24.3 Å². The zero-order valence-corrected chi connectivity index (χ0v) is 10.1. The Kier molecular flexibility index (Phi) is 3.47. The summed E-state index contributed by atoms with van der Waals surface area (Å²) in [5, 5.41) is 0. The van der Waals surface area contributed by atoms with E-state index in [-0.39, 0.29) is 22.9 Å². The number of hydrogen-bond donors (Lipinski definition) is 2. The summed E-state index contributed by atoms with van der Waals surface area (Å²) in [6.45, 7) is 2.11. The monoisotopic (exact) mass is 270 g/mol. The number of rotatable bonds is 1. The van der Waals surface area contributed by atoms with Crippen LogP contribution in [-0.2, 0) is 11.3 Å². The van der Waals surface area contributed by atoms with E-state index in [1.54, 1.807) is 4.68 Å². The van der Waals surface area contributed by atoms with E-state index < -0.39 is 0 Å². The lowest BCUT2D eigenvalue weighted by atomic mass is 10.1. The lowest BCUT2D eigenvalue weighted by Gasteiger charge is -2.00. The first-order chi connectivity index (χ1) is 6.68. The molecule has 1 aliphatic rings. The Balaban J connectivity index is 0.00000112. The smallest absolute Gasteiger partial charge is 0.285 e. The third-order valence-electron chi connectivity index (χ3n) is 2.20. The largest absolute Gasteiger partial charge is 0.299 e. The van der Waals surface area contributed by atoms with Gasteiger partial charge in [-0.05, 0) is 6.07 Å². The molecule has 80 valence electrons. The molecule has 5 heteroatoms. The predicted molar refractivity (Wildman–Crippen MR) is 62.8 cm³/mol. The molecule has 0 saturated heterocycles. The minimum Gasteiger partial charge on any atom is -0.285 e. The van der Waals surface area contributed by atoms with Crippen LogP contribution in [0, 0.1) is 0 Å². The molecule has 0 bridgehead atoms. The molecule has 3 N–H and O–H groups in total. The van der Waals surface area contributed by atoms with E-state index in [1.807, 2.05) is 24.3 Å². The number of hydrazine groups is 1. The molecule has 1 heterocycles. The second-order valence-corrected chi connectivity index (χ2v) is 3.30. The number of nitrogens with one attached hydrogen (secondary N) is 1. The number of amidine groups is 1. The lowest BCUT2D eigenvalue weighted by molar-refractivity contribution is -0.585. The third kappa shape index (κ3) is 2.18. The van der Waals surface area contributed by atoms with Crippen LogP contribution in [0.3, 0.4) is 0 Å². The average Bonchev–Trinajstić information content (AvgIpc) is 2.44. The molecular weight excluding hydrogens is 258 g/mol. The number of benzene rings is 1. The molecule has 2 rings (SSSR count). The molecule has 0 fully saturated rings. The molecule has 0 spiro atoms. The van der Waals surface area contributed by atoms with E-state index >= 15 is 0 Å². The standard InChI is InChI=1S/C10H11N3O.BrH/c1-7(14)12-13-6-8-4-2-3-5-9(8)10(13)11;/h2-5,11H,6H2,1H3,(H,12,14);1H/p+1. The summed E-state index contributed by atoms with van der Waals surface area (Å²) in [7, 11) is 0. The summed E-state index contributed by atoms with van der Waals surface area (Å²) < 4.78 is 1.66. The van der Waals surface area contributed by atoms with Gasteiger partial charge in [0.1, 0.15) is 6.54 Å². The van der Waals surface area contributed by atoms with Crippen LogP contribution in [0.5, 0.6) is 0 Å². The van der Waals surface area contributed by atoms with Crippen molar-refractivity contribution in [3.8, 4) is 0 Å². The van der Waals surface area contributed by atoms with Crippen molar-refractivity contribution in [2.75, 3.05) is 0 Å². The Morgan fingerprint density at radius 3 is 2.73 bits per heavy atom. The summed E-state index contributed by atoms with van der Waals surface area (Å²) in [5.41, 5.74) is 10.7. The molecule has 15 heavy (non-hydrogen) atoms. The zero-order valence-electron chi connectivity index (χ0n) is 8.36. The van der Waals surface area contributed by atoms with E-state index in [9.17, 15) is 4.79 Å². The maximum atomic E-state index is 10.9. The number of carbonyl (C=O) groups is 1. The van der Waals surface area contributed by atoms with Crippen molar-refractivity contribution in [1.29, 1.82) is 0 Å². The minimum atomic E-state index is -0.110. The van der Waals surface area contributed by atoms with Crippen molar-refractivity contribution in [3.05, 3.63) is 35.4 Å². The van der Waals surface area contributed by atoms with Crippen LogP contribution in [0.1, 0.15) is 18.1 Å². The molecule has 1 aromatic carbocycles. The van der Waals surface area contributed by atoms with Gasteiger partial charge in [-0.25, -0.2) is 0 Å². The molecule has 1 amide bonds. The first kappa shape index (κ1) is 11.7. The minimum absolute atomic E-state index is 0. The number of hydrazone groups is 1. The van der Waals surface area contributed by atoms with E-state index in [1.165, 1.54) is 6.92 Å². The summed E-state index contributed by atoms with van der Waals surface area (Å²) in [6.07, 6.45) is 0. The van der Waals surface area contributed by atoms with Gasteiger partial charge < -0.3 is 0 Å². The molecule has 4 nitrogen and oxygen atoms in total. The predicted octanol–water partition coefficient (Wildman–Crippen LogP) is 0.547. The van der Waals surface area contributed by atoms with Gasteiger partial charge in [0.05, 0.1) is 5.56 Å². The highest BCUT2D eigenvalue weighted by atomic mass is 79.9. The van der Waals surface area contributed by atoms with Crippen molar-refractivity contribution in [3.63, 3.8) is 0 Å². The number of nitrogens with zero attached hydrogens (tertiary/aromatic N) is 1. The second kappa shape index (κ2) is 4.44. The normalized spacial score (nSPS) is 13.1. The molecule has 0 unspecified atom stereocenters. The molecule has 0 saturated carbocycles. The molecule has 1 aromatic rings. The molecule has 0 aromatic heterocycles. The van der Waals surface area contributed by atoms with Crippen molar-refractivity contribution in [1.82, 2.24) is 5.43 Å². The SMILES string of the molecule is Br.CC(=O)N[N+]1=C(N)c2ccccc2C1. The van der Waals surface area contributed by atoms with E-state index in [4.69, 9.17) is 5.73 Å². The van der Waals surface area contributed by atoms with E-state index in [2.05, 4.69) is 5.43 Å². The lowest BCUT2D eigenvalue weighted by Crippen LogP contribution is -2.37. The van der Waals surface area contributed by atoms with Gasteiger partial charge in [0.2, 0.25) is 0 Å². The number of fused-ring (bicyclic) bond motifs is 1. The van der Waals surface area contributed by atoms with Gasteiger partial charge in [0.15, 0.2) is 0 Å². The number of hydrogen-bond acceptors (Lipinski definition) is 2. The fourth-order valence-corrected chi connectivity index (χ4v) is 1.60. The van der Waals surface area contributed by atoms with Crippen molar-refractivity contribution in [2.24, 2.45) is 5.73 Å². The zero-order chi connectivity index (χ0) is 10.1. The van der Waals surface area contributed by atoms with Crippen molar-refractivity contribution >= 4 is 28.7 Å². The summed E-state index contributed by atoms with van der Waals surface area (Å²) in [6, 6.07) is 7.85. The molecule has 0 radical (unpaired) electrons. The Morgan fingerprint density at radius 2 is 2.13 bits per heavy atom. The van der Waals surface area contributed by atoms with Crippen LogP contribution < -0.4 is 11.2 Å². The Labute approximate surface area is 98.5 Å². The first-order valence-corrected chi connectivity index (χ1v) is 4.44. The maximum Gasteiger partial charge on any atom is 0.299 e. The maximum absolute atomic E-state index is 10.9. The topological polar surface area (TPSA) is 58.1 Å². The average molecular weight is 271 g/mol. The Hall–Kier alpha value is -1.36. The van der Waals surface area contributed by atoms with Crippen molar-refractivity contribution in [2.45, 2.75) is 13.5 Å². The van der Waals surface area contributed by atoms with Gasteiger partial charge in [0, 0.05) is 12.5 Å². The summed E-state index contributed by atoms with van der Waals surface area (Å²) in [4.78, 5) is 10.9. The number of halogens is 1. The Morgan fingerprint density at radius 1 is 1.47 bits per heavy atom. The summed E-state index contributed by atoms with van der Waals surface area (Å²) >= 11 is 0. The molecule has 1 aliphatic heterocycles. The quantitative estimate of drug-likeness (QED) is 0.733. The van der Waals surface area contributed by atoms with Gasteiger partial charge in [0.25, 0.3) is 11.7 Å². The third-order valence-corrected chi connectivity index (χ3v) is 2.20. The number of nitrogens with two attached hydrogens (primary N) is 1. The second-order valence-electron chi connectivity index (χ2n) is 3.30. The summed E-state index contributed by atoms with van der Waals surface area (Å²) in [5.74, 6) is 0.497. The number of carbonyl (C=O) groups excluding carboxylic acids is 1. The fourth-order valence-electron chi connectivity index (χ4n) is 1.60. The Bertz CT molecular complexity index is 428.